The van der Waals surface area contributed by atoms with Crippen LogP contribution in [0.1, 0.15) is 17.5 Å². The predicted molar refractivity (Wildman–Crippen MR) is 81.8 cm³/mol. The molecule has 0 radical (unpaired) electrons. The summed E-state index contributed by atoms with van der Waals surface area (Å²) in [6.45, 7) is 0. The molecule has 19 heavy (non-hydrogen) atoms. The first-order valence-electron chi connectivity index (χ1n) is 6.62. The van der Waals surface area contributed by atoms with Crippen LogP contribution in [-0.2, 0) is 0 Å². The highest BCUT2D eigenvalue weighted by Gasteiger charge is 2.09. The molecule has 0 fully saturated rings. The summed E-state index contributed by atoms with van der Waals surface area (Å²) in [5.74, 6) is 0. The highest BCUT2D eigenvalue weighted by Crippen LogP contribution is 2.30. The van der Waals surface area contributed by atoms with Crippen LogP contribution in [0.5, 0.6) is 0 Å². The van der Waals surface area contributed by atoms with Crippen molar-refractivity contribution in [3.8, 4) is 0 Å². The molecule has 0 bridgehead atoms. The minimum atomic E-state index is 0.996. The van der Waals surface area contributed by atoms with Gasteiger partial charge in [-0.25, -0.2) is 0 Å². The molecule has 0 atom stereocenters. The van der Waals surface area contributed by atoms with E-state index in [9.17, 15) is 0 Å². The van der Waals surface area contributed by atoms with E-state index in [0.717, 1.165) is 6.42 Å². The van der Waals surface area contributed by atoms with Gasteiger partial charge in [-0.15, -0.1) is 0 Å². The zero-order valence-corrected chi connectivity index (χ0v) is 10.8. The SMILES string of the molecule is C1=CCC(=C(c2ccccc2)c2ccccc2)C=C1. The fourth-order valence-electron chi connectivity index (χ4n) is 2.45. The Kier molecular flexibility index (Phi) is 3.42. The summed E-state index contributed by atoms with van der Waals surface area (Å²) in [7, 11) is 0. The Balaban J connectivity index is 2.17. The molecule has 0 aliphatic heterocycles. The number of hydrogen-bond acceptors (Lipinski definition) is 0. The smallest absolute Gasteiger partial charge is 0.00762 e. The van der Waals surface area contributed by atoms with E-state index in [0.29, 0.717) is 0 Å². The van der Waals surface area contributed by atoms with Gasteiger partial charge in [0.05, 0.1) is 0 Å². The van der Waals surface area contributed by atoms with Gasteiger partial charge < -0.3 is 0 Å². The number of allylic oxidation sites excluding steroid dienone is 5. The van der Waals surface area contributed by atoms with E-state index in [1.807, 2.05) is 0 Å². The van der Waals surface area contributed by atoms with Crippen LogP contribution in [0.4, 0.5) is 0 Å². The van der Waals surface area contributed by atoms with Gasteiger partial charge in [-0.3, -0.25) is 0 Å². The summed E-state index contributed by atoms with van der Waals surface area (Å²) in [5, 5.41) is 0. The highest BCUT2D eigenvalue weighted by atomic mass is 14.1. The molecule has 92 valence electrons. The van der Waals surface area contributed by atoms with Gasteiger partial charge >= 0.3 is 0 Å². The van der Waals surface area contributed by atoms with Crippen molar-refractivity contribution in [1.82, 2.24) is 0 Å². The molecule has 2 aromatic carbocycles. The molecule has 0 aromatic heterocycles. The lowest BCUT2D eigenvalue weighted by Gasteiger charge is -2.14. The van der Waals surface area contributed by atoms with E-state index >= 15 is 0 Å². The van der Waals surface area contributed by atoms with Crippen LogP contribution in [0, 0.1) is 0 Å². The summed E-state index contributed by atoms with van der Waals surface area (Å²) in [6.07, 6.45) is 9.65. The second-order valence-electron chi connectivity index (χ2n) is 4.62. The average Bonchev–Trinajstić information content (AvgIpc) is 2.51. The molecule has 0 spiro atoms. The maximum absolute atomic E-state index is 2.22. The third kappa shape index (κ3) is 2.58. The van der Waals surface area contributed by atoms with Gasteiger partial charge in [-0.1, -0.05) is 85.0 Å². The van der Waals surface area contributed by atoms with Gasteiger partial charge in [-0.05, 0) is 28.7 Å². The van der Waals surface area contributed by atoms with E-state index in [2.05, 4.69) is 85.0 Å². The second-order valence-corrected chi connectivity index (χ2v) is 4.62. The molecule has 1 aliphatic carbocycles. The van der Waals surface area contributed by atoms with Gasteiger partial charge in [0.1, 0.15) is 0 Å². The van der Waals surface area contributed by atoms with Crippen LogP contribution >= 0.6 is 0 Å². The molecule has 0 N–H and O–H groups in total. The zero-order valence-electron chi connectivity index (χ0n) is 10.8. The van der Waals surface area contributed by atoms with Gasteiger partial charge in [0.25, 0.3) is 0 Å². The maximum atomic E-state index is 2.22. The lowest BCUT2D eigenvalue weighted by Crippen LogP contribution is -1.94. The third-order valence-corrected chi connectivity index (χ3v) is 3.33. The first-order valence-corrected chi connectivity index (χ1v) is 6.62. The van der Waals surface area contributed by atoms with Gasteiger partial charge in [0.2, 0.25) is 0 Å². The van der Waals surface area contributed by atoms with Crippen molar-refractivity contribution in [2.45, 2.75) is 6.42 Å². The summed E-state index contributed by atoms with van der Waals surface area (Å²) in [4.78, 5) is 0. The fourth-order valence-corrected chi connectivity index (χ4v) is 2.45. The molecule has 0 saturated heterocycles. The van der Waals surface area contributed by atoms with Crippen LogP contribution in [0.2, 0.25) is 0 Å². The van der Waals surface area contributed by atoms with E-state index in [4.69, 9.17) is 0 Å². The van der Waals surface area contributed by atoms with Crippen molar-refractivity contribution >= 4 is 5.57 Å². The molecule has 0 heterocycles. The topological polar surface area (TPSA) is 0 Å². The molecule has 0 saturated carbocycles. The van der Waals surface area contributed by atoms with E-state index < -0.39 is 0 Å². The molecule has 0 unspecified atom stereocenters. The Labute approximate surface area is 114 Å². The minimum Gasteiger partial charge on any atom is -0.0801 e. The van der Waals surface area contributed by atoms with E-state index in [1.54, 1.807) is 0 Å². The standard InChI is InChI=1S/C19H16/c1-4-10-16(11-5-1)19(17-12-6-2-7-13-17)18-14-8-3-9-15-18/h1-14H,15H2. The van der Waals surface area contributed by atoms with Crippen LogP contribution in [0.25, 0.3) is 5.57 Å². The molecule has 0 heteroatoms. The Morgan fingerprint density at radius 1 is 0.684 bits per heavy atom. The highest BCUT2D eigenvalue weighted by molar-refractivity contribution is 5.84. The Morgan fingerprint density at radius 2 is 1.26 bits per heavy atom. The minimum absolute atomic E-state index is 0.996. The Hall–Kier alpha value is -2.34. The lowest BCUT2D eigenvalue weighted by atomic mass is 9.90. The summed E-state index contributed by atoms with van der Waals surface area (Å²) in [5.41, 5.74) is 5.27. The Morgan fingerprint density at radius 3 is 1.74 bits per heavy atom. The second kappa shape index (κ2) is 5.53. The lowest BCUT2D eigenvalue weighted by molar-refractivity contribution is 1.26. The van der Waals surface area contributed by atoms with E-state index in [1.165, 1.54) is 22.3 Å². The van der Waals surface area contributed by atoms with Crippen LogP contribution in [-0.4, -0.2) is 0 Å². The molecule has 3 rings (SSSR count). The normalized spacial score (nSPS) is 13.6. The van der Waals surface area contributed by atoms with Crippen LogP contribution in [0.3, 0.4) is 0 Å². The predicted octanol–water partition coefficient (Wildman–Crippen LogP) is 5.00. The molecule has 0 nitrogen and oxygen atoms in total. The van der Waals surface area contributed by atoms with Crippen molar-refractivity contribution in [2.75, 3.05) is 0 Å². The zero-order chi connectivity index (χ0) is 12.9. The van der Waals surface area contributed by atoms with Gasteiger partial charge in [0.15, 0.2) is 0 Å². The number of rotatable bonds is 2. The number of benzene rings is 2. The van der Waals surface area contributed by atoms with Crippen molar-refractivity contribution in [3.05, 3.63) is 102 Å². The molecule has 2 aromatic rings. The summed E-state index contributed by atoms with van der Waals surface area (Å²) in [6, 6.07) is 21.2. The van der Waals surface area contributed by atoms with Crippen molar-refractivity contribution in [1.29, 1.82) is 0 Å². The van der Waals surface area contributed by atoms with Gasteiger partial charge in [-0.2, -0.15) is 0 Å². The average molecular weight is 244 g/mol. The van der Waals surface area contributed by atoms with Crippen molar-refractivity contribution in [2.24, 2.45) is 0 Å². The Bertz CT molecular complexity index is 587. The van der Waals surface area contributed by atoms with Gasteiger partial charge in [0, 0.05) is 0 Å². The summed E-state index contributed by atoms with van der Waals surface area (Å²) < 4.78 is 0. The monoisotopic (exact) mass is 244 g/mol. The first kappa shape index (κ1) is 11.7. The quantitative estimate of drug-likeness (QED) is 0.697. The largest absolute Gasteiger partial charge is 0.0801 e. The first-order chi connectivity index (χ1) is 9.45. The summed E-state index contributed by atoms with van der Waals surface area (Å²) >= 11 is 0. The molecule has 0 amide bonds. The van der Waals surface area contributed by atoms with Crippen molar-refractivity contribution in [3.63, 3.8) is 0 Å². The van der Waals surface area contributed by atoms with Crippen LogP contribution in [0.15, 0.2) is 90.5 Å². The molecular weight excluding hydrogens is 228 g/mol. The molecule has 1 aliphatic rings. The molecular formula is C19H16. The van der Waals surface area contributed by atoms with Crippen LogP contribution < -0.4 is 0 Å². The number of hydrogen-bond donors (Lipinski definition) is 0. The fraction of sp³-hybridized carbons (Fsp3) is 0.0526. The maximum Gasteiger partial charge on any atom is -0.00762 e. The van der Waals surface area contributed by atoms with Crippen molar-refractivity contribution < 1.29 is 0 Å². The third-order valence-electron chi connectivity index (χ3n) is 3.33. The van der Waals surface area contributed by atoms with E-state index in [-0.39, 0.29) is 0 Å².